The van der Waals surface area contributed by atoms with Gasteiger partial charge in [0, 0.05) is 25.1 Å². The van der Waals surface area contributed by atoms with Gasteiger partial charge in [-0.1, -0.05) is 19.1 Å². The number of halogens is 3. The van der Waals surface area contributed by atoms with Crippen LogP contribution < -0.4 is 5.73 Å². The van der Waals surface area contributed by atoms with Crippen LogP contribution in [-0.2, 0) is 19.9 Å². The summed E-state index contributed by atoms with van der Waals surface area (Å²) >= 11 is 6.74. The molecule has 0 fully saturated rings. The van der Waals surface area contributed by atoms with Crippen LogP contribution in [0.1, 0.15) is 29.9 Å². The minimum Gasteiger partial charge on any atom is -0.324 e. The third kappa shape index (κ3) is 2.97. The molecule has 0 aliphatic rings. The molecule has 108 valence electrons. The normalized spacial score (nSPS) is 12.7. The van der Waals surface area contributed by atoms with E-state index in [1.807, 2.05) is 14.0 Å². The molecule has 0 saturated heterocycles. The lowest BCUT2D eigenvalue weighted by Crippen LogP contribution is -2.17. The fourth-order valence-electron chi connectivity index (χ4n) is 2.17. The van der Waals surface area contributed by atoms with Crippen LogP contribution >= 0.6 is 31.9 Å². The number of rotatable bonds is 4. The number of nitrogens with zero attached hydrogens (tertiary/aromatic N) is 2. The molecule has 0 spiro atoms. The van der Waals surface area contributed by atoms with Crippen molar-refractivity contribution in [2.75, 3.05) is 0 Å². The molecule has 2 rings (SSSR count). The summed E-state index contributed by atoms with van der Waals surface area (Å²) in [6.07, 6.45) is 1.37. The number of hydrogen-bond acceptors (Lipinski definition) is 2. The van der Waals surface area contributed by atoms with Gasteiger partial charge in [0.1, 0.15) is 5.82 Å². The lowest BCUT2D eigenvalue weighted by atomic mass is 10.0. The van der Waals surface area contributed by atoms with Crippen molar-refractivity contribution >= 4 is 31.9 Å². The lowest BCUT2D eigenvalue weighted by molar-refractivity contribution is 0.563. The molecular formula is C14H16Br2FN3. The van der Waals surface area contributed by atoms with Gasteiger partial charge in [0.25, 0.3) is 0 Å². The van der Waals surface area contributed by atoms with Gasteiger partial charge in [-0.15, -0.1) is 0 Å². The van der Waals surface area contributed by atoms with Gasteiger partial charge in [-0.25, -0.2) is 4.39 Å². The Balaban J connectivity index is 2.30. The predicted molar refractivity (Wildman–Crippen MR) is 85.0 cm³/mol. The summed E-state index contributed by atoms with van der Waals surface area (Å²) in [5.74, 6) is -0.297. The number of aromatic nitrogens is 2. The summed E-state index contributed by atoms with van der Waals surface area (Å²) in [5.41, 5.74) is 8.64. The highest BCUT2D eigenvalue weighted by atomic mass is 79.9. The maximum absolute atomic E-state index is 14.1. The fraction of sp³-hybridized carbons (Fsp3) is 0.357. The van der Waals surface area contributed by atoms with Crippen LogP contribution in [0.5, 0.6) is 0 Å². The largest absolute Gasteiger partial charge is 0.324 e. The molecule has 0 aliphatic heterocycles. The second-order valence-corrected chi connectivity index (χ2v) is 6.29. The highest BCUT2D eigenvalue weighted by molar-refractivity contribution is 9.10. The Labute approximate surface area is 134 Å². The molecular weight excluding hydrogens is 389 g/mol. The Kier molecular flexibility index (Phi) is 4.99. The minimum atomic E-state index is -0.413. The second-order valence-electron chi connectivity index (χ2n) is 4.64. The Morgan fingerprint density at radius 3 is 2.70 bits per heavy atom. The van der Waals surface area contributed by atoms with Gasteiger partial charge in [0.2, 0.25) is 0 Å². The minimum absolute atomic E-state index is 0.297. The highest BCUT2D eigenvalue weighted by Crippen LogP contribution is 2.28. The van der Waals surface area contributed by atoms with Gasteiger partial charge >= 0.3 is 0 Å². The summed E-state index contributed by atoms with van der Waals surface area (Å²) in [6.45, 7) is 2.05. The maximum atomic E-state index is 14.1. The molecule has 0 saturated carbocycles. The van der Waals surface area contributed by atoms with E-state index >= 15 is 0 Å². The van der Waals surface area contributed by atoms with Gasteiger partial charge in [-0.3, -0.25) is 4.68 Å². The maximum Gasteiger partial charge on any atom is 0.142 e. The van der Waals surface area contributed by atoms with Crippen molar-refractivity contribution < 1.29 is 4.39 Å². The monoisotopic (exact) mass is 403 g/mol. The molecule has 0 amide bonds. The van der Waals surface area contributed by atoms with E-state index in [0.717, 1.165) is 22.3 Å². The van der Waals surface area contributed by atoms with Gasteiger partial charge in [0.05, 0.1) is 20.3 Å². The number of benzene rings is 1. The van der Waals surface area contributed by atoms with Gasteiger partial charge in [-0.05, 0) is 44.3 Å². The Hall–Kier alpha value is -0.720. The molecule has 1 heterocycles. The number of aryl methyl sites for hydroxylation is 2. The molecule has 0 bridgehead atoms. The van der Waals surface area contributed by atoms with Crippen LogP contribution in [-0.4, -0.2) is 9.78 Å². The molecule has 3 nitrogen and oxygen atoms in total. The van der Waals surface area contributed by atoms with Gasteiger partial charge < -0.3 is 5.73 Å². The van der Waals surface area contributed by atoms with E-state index in [-0.39, 0.29) is 5.82 Å². The first-order valence-electron chi connectivity index (χ1n) is 6.35. The third-order valence-corrected chi connectivity index (χ3v) is 4.82. The summed E-state index contributed by atoms with van der Waals surface area (Å²) in [5, 5.41) is 4.43. The van der Waals surface area contributed by atoms with Gasteiger partial charge in [-0.2, -0.15) is 5.10 Å². The van der Waals surface area contributed by atoms with Crippen LogP contribution in [0.3, 0.4) is 0 Å². The van der Waals surface area contributed by atoms with E-state index in [4.69, 9.17) is 5.73 Å². The molecule has 6 heteroatoms. The molecule has 1 unspecified atom stereocenters. The highest BCUT2D eigenvalue weighted by Gasteiger charge is 2.19. The Morgan fingerprint density at radius 2 is 2.10 bits per heavy atom. The van der Waals surface area contributed by atoms with Crippen molar-refractivity contribution in [2.45, 2.75) is 25.8 Å². The third-order valence-electron chi connectivity index (χ3n) is 3.30. The van der Waals surface area contributed by atoms with Crippen molar-refractivity contribution in [3.63, 3.8) is 0 Å². The van der Waals surface area contributed by atoms with Crippen LogP contribution in [0.15, 0.2) is 27.1 Å². The van der Waals surface area contributed by atoms with E-state index < -0.39 is 6.04 Å². The zero-order valence-electron chi connectivity index (χ0n) is 11.3. The molecule has 0 radical (unpaired) electrons. The molecule has 2 N–H and O–H groups in total. The zero-order chi connectivity index (χ0) is 14.9. The standard InChI is InChI=1S/C14H16Br2FN3/c1-3-11-13(16)12(20(2)19-11)7-10(18)8-5-4-6-9(15)14(8)17/h4-6,10H,3,7,18H2,1-2H3. The van der Waals surface area contributed by atoms with Crippen molar-refractivity contribution in [2.24, 2.45) is 12.8 Å². The summed E-state index contributed by atoms with van der Waals surface area (Å²) in [4.78, 5) is 0. The first-order chi connectivity index (χ1) is 9.45. The van der Waals surface area contributed by atoms with E-state index in [1.165, 1.54) is 0 Å². The molecule has 1 aromatic heterocycles. The van der Waals surface area contributed by atoms with Crippen LogP contribution in [0.4, 0.5) is 4.39 Å². The smallest absolute Gasteiger partial charge is 0.142 e. The number of hydrogen-bond donors (Lipinski definition) is 1. The topological polar surface area (TPSA) is 43.8 Å². The molecule has 2 aromatic rings. The summed E-state index contributed by atoms with van der Waals surface area (Å²) < 4.78 is 17.3. The fourth-order valence-corrected chi connectivity index (χ4v) is 3.33. The lowest BCUT2D eigenvalue weighted by Gasteiger charge is -2.14. The average Bonchev–Trinajstić information content (AvgIpc) is 2.69. The number of nitrogens with two attached hydrogens (primary N) is 1. The van der Waals surface area contributed by atoms with E-state index in [2.05, 4.69) is 37.0 Å². The van der Waals surface area contributed by atoms with Crippen LogP contribution in [0.2, 0.25) is 0 Å². The van der Waals surface area contributed by atoms with Crippen molar-refractivity contribution in [3.05, 3.63) is 49.9 Å². The van der Waals surface area contributed by atoms with Crippen molar-refractivity contribution in [1.29, 1.82) is 0 Å². The molecule has 20 heavy (non-hydrogen) atoms. The first-order valence-corrected chi connectivity index (χ1v) is 7.94. The van der Waals surface area contributed by atoms with Crippen molar-refractivity contribution in [1.82, 2.24) is 9.78 Å². The van der Waals surface area contributed by atoms with Crippen molar-refractivity contribution in [3.8, 4) is 0 Å². The second kappa shape index (κ2) is 6.37. The SMILES string of the molecule is CCc1nn(C)c(CC(N)c2cccc(Br)c2F)c1Br. The first kappa shape index (κ1) is 15.7. The quantitative estimate of drug-likeness (QED) is 0.839. The Morgan fingerprint density at radius 1 is 1.40 bits per heavy atom. The van der Waals surface area contributed by atoms with Crippen LogP contribution in [0, 0.1) is 5.82 Å². The van der Waals surface area contributed by atoms with E-state index in [9.17, 15) is 4.39 Å². The molecule has 1 atom stereocenters. The van der Waals surface area contributed by atoms with E-state index in [1.54, 1.807) is 22.9 Å². The van der Waals surface area contributed by atoms with E-state index in [0.29, 0.717) is 16.5 Å². The summed E-state index contributed by atoms with van der Waals surface area (Å²) in [6, 6.07) is 4.76. The average molecular weight is 405 g/mol. The zero-order valence-corrected chi connectivity index (χ0v) is 14.5. The van der Waals surface area contributed by atoms with Gasteiger partial charge in [0.15, 0.2) is 0 Å². The van der Waals surface area contributed by atoms with Crippen LogP contribution in [0.25, 0.3) is 0 Å². The predicted octanol–water partition coefficient (Wildman–Crippen LogP) is 3.89. The Bertz CT molecular complexity index is 625. The molecule has 0 aliphatic carbocycles. The summed E-state index contributed by atoms with van der Waals surface area (Å²) in [7, 11) is 1.88. The molecule has 1 aromatic carbocycles.